The minimum atomic E-state index is -0.375. The van der Waals surface area contributed by atoms with Gasteiger partial charge in [0.25, 0.3) is 0 Å². The maximum absolute atomic E-state index is 11.8. The van der Waals surface area contributed by atoms with E-state index in [0.29, 0.717) is 30.0 Å². The van der Waals surface area contributed by atoms with Crippen LogP contribution in [-0.2, 0) is 4.74 Å². The van der Waals surface area contributed by atoms with Crippen molar-refractivity contribution in [3.05, 3.63) is 17.2 Å². The van der Waals surface area contributed by atoms with Crippen molar-refractivity contribution in [2.24, 2.45) is 5.92 Å². The molecule has 1 aliphatic rings. The van der Waals surface area contributed by atoms with Crippen LogP contribution in [0.25, 0.3) is 0 Å². The minimum absolute atomic E-state index is 0.350. The highest BCUT2D eigenvalue weighted by atomic mass is 16.5. The number of carbonyl (C=O) groups excluding carboxylic acids is 1. The van der Waals surface area contributed by atoms with Crippen LogP contribution in [0.2, 0.25) is 0 Å². The quantitative estimate of drug-likeness (QED) is 0.617. The van der Waals surface area contributed by atoms with Gasteiger partial charge in [0.1, 0.15) is 5.82 Å². The number of nitrogen functional groups attached to an aromatic ring is 1. The van der Waals surface area contributed by atoms with Gasteiger partial charge in [-0.2, -0.15) is 0 Å². The molecule has 0 aromatic carbocycles. The van der Waals surface area contributed by atoms with Crippen LogP contribution < -0.4 is 5.84 Å². The summed E-state index contributed by atoms with van der Waals surface area (Å²) >= 11 is 0. The van der Waals surface area contributed by atoms with Crippen LogP contribution in [0.1, 0.15) is 48.2 Å². The summed E-state index contributed by atoms with van der Waals surface area (Å²) in [5.41, 5.74) is 1.21. The molecule has 5 heteroatoms. The molecule has 88 valence electrons. The lowest BCUT2D eigenvalue weighted by atomic mass is 10.2. The third-order valence-electron chi connectivity index (χ3n) is 3.04. The number of hydrogen-bond acceptors (Lipinski definition) is 4. The van der Waals surface area contributed by atoms with Gasteiger partial charge in [-0.3, -0.25) is 0 Å². The van der Waals surface area contributed by atoms with Crippen LogP contribution in [0.4, 0.5) is 0 Å². The zero-order chi connectivity index (χ0) is 11.9. The third-order valence-corrected chi connectivity index (χ3v) is 3.04. The predicted octanol–water partition coefficient (Wildman–Crippen LogP) is 1.21. The average molecular weight is 223 g/mol. The summed E-state index contributed by atoms with van der Waals surface area (Å²) in [5, 5.41) is 0. The molecule has 1 heterocycles. The van der Waals surface area contributed by atoms with Crippen molar-refractivity contribution in [3.8, 4) is 0 Å². The SMILES string of the molecule is CCOC(=O)c1c(C2CC2C)nc(C)n1N. The zero-order valence-electron chi connectivity index (χ0n) is 9.86. The van der Waals surface area contributed by atoms with E-state index in [1.54, 1.807) is 13.8 Å². The van der Waals surface area contributed by atoms with Gasteiger partial charge in [-0.1, -0.05) is 6.92 Å². The monoisotopic (exact) mass is 223 g/mol. The van der Waals surface area contributed by atoms with Gasteiger partial charge in [-0.05, 0) is 26.2 Å². The first-order valence-electron chi connectivity index (χ1n) is 5.57. The number of rotatable bonds is 3. The van der Waals surface area contributed by atoms with Crippen LogP contribution in [0.3, 0.4) is 0 Å². The molecule has 0 bridgehead atoms. The summed E-state index contributed by atoms with van der Waals surface area (Å²) in [5.74, 6) is 7.02. The molecule has 0 aliphatic heterocycles. The summed E-state index contributed by atoms with van der Waals surface area (Å²) in [7, 11) is 0. The molecule has 0 saturated heterocycles. The molecule has 1 saturated carbocycles. The van der Waals surface area contributed by atoms with E-state index in [1.165, 1.54) is 4.68 Å². The van der Waals surface area contributed by atoms with Gasteiger partial charge >= 0.3 is 5.97 Å². The van der Waals surface area contributed by atoms with E-state index in [1.807, 2.05) is 0 Å². The van der Waals surface area contributed by atoms with E-state index >= 15 is 0 Å². The first kappa shape index (κ1) is 11.0. The number of aryl methyl sites for hydroxylation is 1. The Bertz CT molecular complexity index is 425. The van der Waals surface area contributed by atoms with Gasteiger partial charge in [0.2, 0.25) is 0 Å². The Morgan fingerprint density at radius 1 is 1.69 bits per heavy atom. The van der Waals surface area contributed by atoms with Crippen LogP contribution >= 0.6 is 0 Å². The number of aromatic nitrogens is 2. The van der Waals surface area contributed by atoms with Crippen LogP contribution in [0.15, 0.2) is 0 Å². The van der Waals surface area contributed by atoms with E-state index in [0.717, 1.165) is 12.1 Å². The number of carbonyl (C=O) groups is 1. The maximum Gasteiger partial charge on any atom is 0.358 e. The lowest BCUT2D eigenvalue weighted by molar-refractivity contribution is 0.0514. The molecule has 16 heavy (non-hydrogen) atoms. The molecule has 5 nitrogen and oxygen atoms in total. The fourth-order valence-electron chi connectivity index (χ4n) is 1.93. The molecule has 2 atom stereocenters. The maximum atomic E-state index is 11.8. The molecular weight excluding hydrogens is 206 g/mol. The predicted molar refractivity (Wildman–Crippen MR) is 59.6 cm³/mol. The molecule has 1 aliphatic carbocycles. The Balaban J connectivity index is 2.37. The number of nitrogens with two attached hydrogens (primary N) is 1. The largest absolute Gasteiger partial charge is 0.461 e. The lowest BCUT2D eigenvalue weighted by Crippen LogP contribution is -2.20. The van der Waals surface area contributed by atoms with E-state index < -0.39 is 0 Å². The molecule has 2 N–H and O–H groups in total. The van der Waals surface area contributed by atoms with E-state index in [2.05, 4.69) is 11.9 Å². The van der Waals surface area contributed by atoms with Gasteiger partial charge in [-0.15, -0.1) is 0 Å². The van der Waals surface area contributed by atoms with E-state index in [4.69, 9.17) is 10.6 Å². The number of nitrogens with zero attached hydrogens (tertiary/aromatic N) is 2. The van der Waals surface area contributed by atoms with E-state index in [9.17, 15) is 4.79 Å². The van der Waals surface area contributed by atoms with Crippen LogP contribution in [0.5, 0.6) is 0 Å². The number of esters is 1. The van der Waals surface area contributed by atoms with Gasteiger partial charge in [-0.25, -0.2) is 14.5 Å². The average Bonchev–Trinajstić information content (AvgIpc) is 2.86. The summed E-state index contributed by atoms with van der Waals surface area (Å²) < 4.78 is 6.33. The number of imidazole rings is 1. The molecule has 1 fully saturated rings. The number of hydrogen-bond donors (Lipinski definition) is 1. The molecule has 0 amide bonds. The third kappa shape index (κ3) is 1.66. The Kier molecular flexibility index (Phi) is 2.61. The highest BCUT2D eigenvalue weighted by Crippen LogP contribution is 2.47. The van der Waals surface area contributed by atoms with Crippen molar-refractivity contribution in [1.29, 1.82) is 0 Å². The highest BCUT2D eigenvalue weighted by molar-refractivity contribution is 5.89. The topological polar surface area (TPSA) is 70.1 Å². The first-order chi connectivity index (χ1) is 7.56. The Morgan fingerprint density at radius 2 is 2.31 bits per heavy atom. The molecule has 0 spiro atoms. The number of ether oxygens (including phenoxy) is 1. The Labute approximate surface area is 94.6 Å². The van der Waals surface area contributed by atoms with Gasteiger partial charge in [0, 0.05) is 5.92 Å². The second-order valence-corrected chi connectivity index (χ2v) is 4.30. The second kappa shape index (κ2) is 3.81. The van der Waals surface area contributed by atoms with Gasteiger partial charge < -0.3 is 10.6 Å². The van der Waals surface area contributed by atoms with Crippen molar-refractivity contribution in [2.75, 3.05) is 12.4 Å². The zero-order valence-corrected chi connectivity index (χ0v) is 9.86. The molecule has 1 aromatic rings. The van der Waals surface area contributed by atoms with Crippen molar-refractivity contribution >= 4 is 5.97 Å². The molecule has 0 radical (unpaired) electrons. The van der Waals surface area contributed by atoms with E-state index in [-0.39, 0.29) is 5.97 Å². The van der Waals surface area contributed by atoms with Crippen molar-refractivity contribution < 1.29 is 9.53 Å². The molecule has 2 rings (SSSR count). The molecular formula is C11H17N3O2. The fraction of sp³-hybridized carbons (Fsp3) is 0.636. The van der Waals surface area contributed by atoms with Crippen molar-refractivity contribution in [2.45, 2.75) is 33.1 Å². The standard InChI is InChI=1S/C11H17N3O2/c1-4-16-11(15)10-9(8-5-6(8)2)13-7(3)14(10)12/h6,8H,4-5,12H2,1-3H3. The summed E-state index contributed by atoms with van der Waals surface area (Å²) in [6, 6.07) is 0. The molecule has 2 unspecified atom stereocenters. The van der Waals surface area contributed by atoms with Crippen molar-refractivity contribution in [3.63, 3.8) is 0 Å². The highest BCUT2D eigenvalue weighted by Gasteiger charge is 2.40. The second-order valence-electron chi connectivity index (χ2n) is 4.30. The first-order valence-corrected chi connectivity index (χ1v) is 5.57. The van der Waals surface area contributed by atoms with Gasteiger partial charge in [0.05, 0.1) is 12.3 Å². The Hall–Kier alpha value is -1.52. The Morgan fingerprint density at radius 3 is 2.81 bits per heavy atom. The smallest absolute Gasteiger partial charge is 0.358 e. The molecule has 1 aromatic heterocycles. The summed E-state index contributed by atoms with van der Waals surface area (Å²) in [6.45, 7) is 6.06. The fourth-order valence-corrected chi connectivity index (χ4v) is 1.93. The summed E-state index contributed by atoms with van der Waals surface area (Å²) in [6.07, 6.45) is 1.07. The lowest BCUT2D eigenvalue weighted by Gasteiger charge is -2.05. The van der Waals surface area contributed by atoms with Gasteiger partial charge in [0.15, 0.2) is 5.69 Å². The normalized spacial score (nSPS) is 23.2. The summed E-state index contributed by atoms with van der Waals surface area (Å²) in [4.78, 5) is 16.1. The van der Waals surface area contributed by atoms with Crippen LogP contribution in [0, 0.1) is 12.8 Å². The van der Waals surface area contributed by atoms with Crippen LogP contribution in [-0.4, -0.2) is 22.2 Å². The van der Waals surface area contributed by atoms with Crippen molar-refractivity contribution in [1.82, 2.24) is 9.66 Å². The minimum Gasteiger partial charge on any atom is -0.461 e.